The van der Waals surface area contributed by atoms with Crippen LogP contribution in [0.4, 0.5) is 0 Å². The minimum absolute atomic E-state index is 0.212. The Hall–Kier alpha value is -0.470. The summed E-state index contributed by atoms with van der Waals surface area (Å²) in [5, 5.41) is 12.4. The molecular weight excluding hydrogens is 296 g/mol. The van der Waals surface area contributed by atoms with Gasteiger partial charge < -0.3 is 10.0 Å². The molecule has 1 atom stereocenters. The number of β-amino-alcohol motifs (C(OH)–C–C–N with tert-alkyl or cyclic N) is 1. The number of hydrogen-bond acceptors (Lipinski definition) is 5. The highest BCUT2D eigenvalue weighted by molar-refractivity contribution is 7.91. The van der Waals surface area contributed by atoms with Crippen LogP contribution in [0.15, 0.2) is 21.7 Å². The molecule has 2 fully saturated rings. The SMILES string of the molecule is O=S(=O)(c1cccs1)N1CCC(O)(CN2CCCC2)C1. The predicted octanol–water partition coefficient (Wildman–Crippen LogP) is 0.969. The predicted molar refractivity (Wildman–Crippen MR) is 78.3 cm³/mol. The first-order chi connectivity index (χ1) is 9.50. The molecule has 0 bridgehead atoms. The molecule has 0 spiro atoms. The second-order valence-corrected chi connectivity index (χ2v) is 8.84. The number of aliphatic hydroxyl groups is 1. The zero-order valence-corrected chi connectivity index (χ0v) is 13.0. The molecule has 0 aromatic carbocycles. The van der Waals surface area contributed by atoms with Crippen molar-refractivity contribution in [3.63, 3.8) is 0 Å². The van der Waals surface area contributed by atoms with E-state index in [0.717, 1.165) is 13.1 Å². The summed E-state index contributed by atoms with van der Waals surface area (Å²) in [5.74, 6) is 0. The minimum Gasteiger partial charge on any atom is -0.387 e. The quantitative estimate of drug-likeness (QED) is 0.899. The van der Waals surface area contributed by atoms with Crippen molar-refractivity contribution in [1.29, 1.82) is 0 Å². The lowest BCUT2D eigenvalue weighted by Crippen LogP contribution is -2.44. The summed E-state index contributed by atoms with van der Waals surface area (Å²) in [6, 6.07) is 3.36. The number of nitrogens with zero attached hydrogens (tertiary/aromatic N) is 2. The summed E-state index contributed by atoms with van der Waals surface area (Å²) in [7, 11) is -3.43. The number of thiophene rings is 1. The van der Waals surface area contributed by atoms with Gasteiger partial charge in [0.05, 0.1) is 5.60 Å². The van der Waals surface area contributed by atoms with Gasteiger partial charge in [-0.05, 0) is 43.8 Å². The molecule has 1 unspecified atom stereocenters. The second-order valence-electron chi connectivity index (χ2n) is 5.73. The maximum Gasteiger partial charge on any atom is 0.252 e. The van der Waals surface area contributed by atoms with Crippen LogP contribution in [-0.4, -0.2) is 61.1 Å². The molecular formula is C13H20N2O3S2. The fourth-order valence-electron chi connectivity index (χ4n) is 3.05. The Bertz CT molecular complexity index is 552. The highest BCUT2D eigenvalue weighted by Gasteiger charge is 2.43. The number of hydrogen-bond donors (Lipinski definition) is 1. The second kappa shape index (κ2) is 5.38. The average Bonchev–Trinajstić information content (AvgIpc) is 3.09. The molecule has 1 N–H and O–H groups in total. The van der Waals surface area contributed by atoms with Gasteiger partial charge in [0.15, 0.2) is 0 Å². The topological polar surface area (TPSA) is 60.9 Å². The molecule has 5 nitrogen and oxygen atoms in total. The summed E-state index contributed by atoms with van der Waals surface area (Å²) in [6.07, 6.45) is 2.87. The molecule has 0 aliphatic carbocycles. The summed E-state index contributed by atoms with van der Waals surface area (Å²) in [5.41, 5.74) is -0.894. The molecule has 0 saturated carbocycles. The third kappa shape index (κ3) is 2.78. The lowest BCUT2D eigenvalue weighted by molar-refractivity contribution is 0.0233. The van der Waals surface area contributed by atoms with Crippen LogP contribution in [0.1, 0.15) is 19.3 Å². The van der Waals surface area contributed by atoms with Gasteiger partial charge in [0.1, 0.15) is 4.21 Å². The van der Waals surface area contributed by atoms with Crippen LogP contribution in [0.5, 0.6) is 0 Å². The van der Waals surface area contributed by atoms with E-state index in [4.69, 9.17) is 0 Å². The fraction of sp³-hybridized carbons (Fsp3) is 0.692. The average molecular weight is 316 g/mol. The van der Waals surface area contributed by atoms with Crippen molar-refractivity contribution in [3.8, 4) is 0 Å². The van der Waals surface area contributed by atoms with Gasteiger partial charge in [-0.1, -0.05) is 6.07 Å². The molecule has 2 saturated heterocycles. The third-order valence-electron chi connectivity index (χ3n) is 4.10. The van der Waals surface area contributed by atoms with E-state index in [9.17, 15) is 13.5 Å². The van der Waals surface area contributed by atoms with Crippen LogP contribution in [0.3, 0.4) is 0 Å². The molecule has 0 amide bonds. The molecule has 1 aromatic heterocycles. The maximum atomic E-state index is 12.4. The standard InChI is InChI=1S/C13H20N2O3S2/c16-13(10-14-6-1-2-7-14)5-8-15(11-13)20(17,18)12-4-3-9-19-12/h3-4,9,16H,1-2,5-8,10-11H2. The molecule has 7 heteroatoms. The largest absolute Gasteiger partial charge is 0.387 e. The van der Waals surface area contributed by atoms with Crippen LogP contribution in [0, 0.1) is 0 Å². The van der Waals surface area contributed by atoms with Crippen molar-refractivity contribution in [3.05, 3.63) is 17.5 Å². The fourth-order valence-corrected chi connectivity index (χ4v) is 5.71. The van der Waals surface area contributed by atoms with Gasteiger partial charge in [-0.25, -0.2) is 8.42 Å². The van der Waals surface area contributed by atoms with E-state index in [2.05, 4.69) is 4.90 Å². The van der Waals surface area contributed by atoms with Gasteiger partial charge in [0, 0.05) is 19.6 Å². The van der Waals surface area contributed by atoms with E-state index in [1.165, 1.54) is 28.5 Å². The van der Waals surface area contributed by atoms with Gasteiger partial charge in [-0.2, -0.15) is 4.31 Å². The maximum absolute atomic E-state index is 12.4. The Kier molecular flexibility index (Phi) is 3.89. The number of likely N-dealkylation sites (tertiary alicyclic amines) is 1. The summed E-state index contributed by atoms with van der Waals surface area (Å²) in [4.78, 5) is 2.24. The Labute approximate surface area is 123 Å². The highest BCUT2D eigenvalue weighted by Crippen LogP contribution is 2.30. The van der Waals surface area contributed by atoms with Gasteiger partial charge in [0.25, 0.3) is 10.0 Å². The van der Waals surface area contributed by atoms with Crippen LogP contribution in [0.2, 0.25) is 0 Å². The first-order valence-corrected chi connectivity index (χ1v) is 9.30. The zero-order valence-electron chi connectivity index (χ0n) is 11.4. The van der Waals surface area contributed by atoms with Gasteiger partial charge in [-0.3, -0.25) is 0 Å². The Morgan fingerprint density at radius 2 is 2.05 bits per heavy atom. The van der Waals surface area contributed by atoms with Crippen molar-refractivity contribution in [2.75, 3.05) is 32.7 Å². The normalized spacial score (nSPS) is 29.2. The molecule has 3 rings (SSSR count). The van der Waals surface area contributed by atoms with Crippen molar-refractivity contribution in [2.45, 2.75) is 29.1 Å². The van der Waals surface area contributed by atoms with E-state index in [1.54, 1.807) is 17.5 Å². The van der Waals surface area contributed by atoms with Crippen LogP contribution < -0.4 is 0 Å². The molecule has 3 heterocycles. The molecule has 2 aliphatic rings. The summed E-state index contributed by atoms with van der Waals surface area (Å²) in [6.45, 7) is 3.23. The Balaban J connectivity index is 1.69. The number of sulfonamides is 1. The molecule has 0 radical (unpaired) electrons. The Morgan fingerprint density at radius 1 is 1.30 bits per heavy atom. The van der Waals surface area contributed by atoms with Crippen LogP contribution >= 0.6 is 11.3 Å². The minimum atomic E-state index is -3.43. The van der Waals surface area contributed by atoms with Crippen molar-refractivity contribution < 1.29 is 13.5 Å². The summed E-state index contributed by atoms with van der Waals surface area (Å²) < 4.78 is 26.7. The van der Waals surface area contributed by atoms with Gasteiger partial charge in [-0.15, -0.1) is 11.3 Å². The van der Waals surface area contributed by atoms with Crippen molar-refractivity contribution >= 4 is 21.4 Å². The van der Waals surface area contributed by atoms with E-state index < -0.39 is 15.6 Å². The molecule has 20 heavy (non-hydrogen) atoms. The molecule has 112 valence electrons. The third-order valence-corrected chi connectivity index (χ3v) is 7.32. The van der Waals surface area contributed by atoms with Gasteiger partial charge in [0.2, 0.25) is 0 Å². The lowest BCUT2D eigenvalue weighted by Gasteiger charge is -2.28. The lowest BCUT2D eigenvalue weighted by atomic mass is 10.0. The summed E-state index contributed by atoms with van der Waals surface area (Å²) >= 11 is 1.23. The van der Waals surface area contributed by atoms with Crippen LogP contribution in [-0.2, 0) is 10.0 Å². The number of rotatable bonds is 4. The van der Waals surface area contributed by atoms with Crippen LogP contribution in [0.25, 0.3) is 0 Å². The van der Waals surface area contributed by atoms with E-state index in [-0.39, 0.29) is 6.54 Å². The van der Waals surface area contributed by atoms with Crippen molar-refractivity contribution in [1.82, 2.24) is 9.21 Å². The van der Waals surface area contributed by atoms with E-state index >= 15 is 0 Å². The van der Waals surface area contributed by atoms with Gasteiger partial charge >= 0.3 is 0 Å². The monoisotopic (exact) mass is 316 g/mol. The molecule has 2 aliphatic heterocycles. The van der Waals surface area contributed by atoms with E-state index in [1.807, 2.05) is 0 Å². The first-order valence-electron chi connectivity index (χ1n) is 6.98. The molecule has 1 aromatic rings. The zero-order chi connectivity index (χ0) is 14.2. The smallest absolute Gasteiger partial charge is 0.252 e. The first kappa shape index (κ1) is 14.5. The Morgan fingerprint density at radius 3 is 2.70 bits per heavy atom. The van der Waals surface area contributed by atoms with Crippen molar-refractivity contribution in [2.24, 2.45) is 0 Å². The van der Waals surface area contributed by atoms with E-state index in [0.29, 0.717) is 23.7 Å². The highest BCUT2D eigenvalue weighted by atomic mass is 32.2.